The summed E-state index contributed by atoms with van der Waals surface area (Å²) in [5, 5.41) is 6.64. The normalized spacial score (nSPS) is 29.2. The van der Waals surface area contributed by atoms with Gasteiger partial charge in [-0.3, -0.25) is 9.80 Å². The largest absolute Gasteiger partial charge is 0.484 e. The molecule has 2 heterocycles. The first-order valence-electron chi connectivity index (χ1n) is 9.06. The second-order valence-corrected chi connectivity index (χ2v) is 7.60. The molecular formula is C19H39N6W-. The second kappa shape index (κ2) is 12.3. The molecule has 152 valence electrons. The van der Waals surface area contributed by atoms with Crippen LogP contribution in [0.3, 0.4) is 0 Å². The Kier molecular flexibility index (Phi) is 12.2. The molecule has 0 radical (unpaired) electrons. The monoisotopic (exact) mass is 535 g/mol. The van der Waals surface area contributed by atoms with Crippen molar-refractivity contribution in [3.8, 4) is 0 Å². The molecule has 2 aliphatic rings. The van der Waals surface area contributed by atoms with E-state index in [0.29, 0.717) is 24.4 Å². The van der Waals surface area contributed by atoms with Gasteiger partial charge in [0.25, 0.3) is 0 Å². The van der Waals surface area contributed by atoms with E-state index >= 15 is 0 Å². The molecular weight excluding hydrogens is 496 g/mol. The first-order valence-corrected chi connectivity index (χ1v) is 9.06. The van der Waals surface area contributed by atoms with Crippen LogP contribution >= 0.6 is 0 Å². The minimum absolute atomic E-state index is 0. The summed E-state index contributed by atoms with van der Waals surface area (Å²) < 4.78 is 0. The van der Waals surface area contributed by atoms with Crippen LogP contribution in [-0.4, -0.2) is 107 Å². The summed E-state index contributed by atoms with van der Waals surface area (Å²) in [6.45, 7) is 3.10. The van der Waals surface area contributed by atoms with Gasteiger partial charge >= 0.3 is 0 Å². The fourth-order valence-electron chi connectivity index (χ4n) is 3.91. The van der Waals surface area contributed by atoms with Gasteiger partial charge in [0, 0.05) is 40.2 Å². The molecule has 2 N–H and O–H groups in total. The predicted molar refractivity (Wildman–Crippen MR) is 107 cm³/mol. The van der Waals surface area contributed by atoms with E-state index in [9.17, 15) is 0 Å². The fraction of sp³-hybridized carbons (Fsp3) is 0.789. The quantitative estimate of drug-likeness (QED) is 0.511. The van der Waals surface area contributed by atoms with Crippen LogP contribution in [0.15, 0.2) is 17.8 Å². The maximum Gasteiger partial charge on any atom is 0.0966 e. The van der Waals surface area contributed by atoms with Crippen molar-refractivity contribution in [3.05, 3.63) is 23.9 Å². The first kappa shape index (κ1) is 25.8. The molecule has 2 aliphatic heterocycles. The number of nitrogens with one attached hydrogen (secondary N) is 2. The number of hydrogen-bond donors (Lipinski definition) is 2. The van der Waals surface area contributed by atoms with E-state index in [1.807, 2.05) is 14.1 Å². The van der Waals surface area contributed by atoms with E-state index in [1.54, 1.807) is 0 Å². The molecule has 0 aromatic carbocycles. The number of rotatable bonds is 4. The summed E-state index contributed by atoms with van der Waals surface area (Å²) in [6.07, 6.45) is 9.63. The number of nitrogens with zero attached hydrogens (tertiary/aromatic N) is 4. The molecule has 0 saturated carbocycles. The van der Waals surface area contributed by atoms with Crippen LogP contribution in [0.2, 0.25) is 0 Å². The fourth-order valence-corrected chi connectivity index (χ4v) is 3.91. The zero-order chi connectivity index (χ0) is 19.1. The Morgan fingerprint density at radius 2 is 1.62 bits per heavy atom. The van der Waals surface area contributed by atoms with Crippen molar-refractivity contribution in [1.29, 1.82) is 0 Å². The summed E-state index contributed by atoms with van der Waals surface area (Å²) in [5.41, 5.74) is 1.44. The number of hydrogen-bond acceptors (Lipinski definition) is 6. The van der Waals surface area contributed by atoms with Gasteiger partial charge in [-0.15, -0.1) is 6.54 Å². The average molecular weight is 535 g/mol. The van der Waals surface area contributed by atoms with Crippen molar-refractivity contribution in [3.63, 3.8) is 0 Å². The molecule has 2 rings (SSSR count). The van der Waals surface area contributed by atoms with Gasteiger partial charge in [0.15, 0.2) is 0 Å². The van der Waals surface area contributed by atoms with Crippen LogP contribution in [0.25, 0.3) is 0 Å². The smallest absolute Gasteiger partial charge is 0.0966 e. The van der Waals surface area contributed by atoms with Gasteiger partial charge in [-0.1, -0.05) is 5.57 Å². The molecule has 0 aromatic rings. The third-order valence-corrected chi connectivity index (χ3v) is 4.92. The molecule has 0 aliphatic carbocycles. The molecule has 4 atom stereocenters. The Morgan fingerprint density at radius 1 is 1.04 bits per heavy atom. The van der Waals surface area contributed by atoms with Gasteiger partial charge in [-0.25, -0.2) is 6.08 Å². The molecule has 6 nitrogen and oxygen atoms in total. The minimum atomic E-state index is 0. The maximum absolute atomic E-state index is 3.37. The summed E-state index contributed by atoms with van der Waals surface area (Å²) in [5.74, 6) is 0. The Balaban J connectivity index is 0.000000464. The van der Waals surface area contributed by atoms with Crippen molar-refractivity contribution in [2.24, 2.45) is 0 Å². The van der Waals surface area contributed by atoms with Crippen LogP contribution in [0.1, 0.15) is 13.3 Å². The average Bonchev–Trinajstić information content (AvgIpc) is 2.53. The van der Waals surface area contributed by atoms with Crippen LogP contribution in [-0.2, 0) is 21.1 Å². The summed E-state index contributed by atoms with van der Waals surface area (Å²) >= 11 is 0. The Morgan fingerprint density at radius 3 is 2.04 bits per heavy atom. The van der Waals surface area contributed by atoms with Gasteiger partial charge < -0.3 is 26.5 Å². The molecule has 0 bridgehead atoms. The van der Waals surface area contributed by atoms with E-state index in [4.69, 9.17) is 0 Å². The van der Waals surface area contributed by atoms with Crippen molar-refractivity contribution in [2.75, 3.05) is 62.9 Å². The first-order chi connectivity index (χ1) is 11.7. The zero-order valence-corrected chi connectivity index (χ0v) is 21.0. The van der Waals surface area contributed by atoms with Crippen LogP contribution in [0.5, 0.6) is 0 Å². The van der Waals surface area contributed by atoms with Crippen molar-refractivity contribution in [2.45, 2.75) is 37.8 Å². The molecule has 7 heteroatoms. The molecule has 0 saturated heterocycles. The summed E-state index contributed by atoms with van der Waals surface area (Å²) in [4.78, 5) is 9.03. The Labute approximate surface area is 175 Å². The molecule has 26 heavy (non-hydrogen) atoms. The molecule has 0 unspecified atom stereocenters. The van der Waals surface area contributed by atoms with E-state index in [-0.39, 0.29) is 21.1 Å². The SMILES string of the molecule is CN[C@H]1C=[C-]CN(C)[C@@H]1N(C)C.CN[C@H]1CC(C)=CN(C)[C@@H]1N(C)C.[W]. The Hall–Kier alpha value is -0.232. The molecule has 0 fully saturated rings. The van der Waals surface area contributed by atoms with Crippen molar-refractivity contribution >= 4 is 0 Å². The molecule has 0 spiro atoms. The topological polar surface area (TPSA) is 37.0 Å². The van der Waals surface area contributed by atoms with E-state index < -0.39 is 0 Å². The predicted octanol–water partition coefficient (Wildman–Crippen LogP) is 0.466. The summed E-state index contributed by atoms with van der Waals surface area (Å²) in [6, 6.07) is 0.920. The second-order valence-electron chi connectivity index (χ2n) is 7.60. The van der Waals surface area contributed by atoms with Crippen LogP contribution < -0.4 is 10.6 Å². The van der Waals surface area contributed by atoms with Crippen LogP contribution in [0.4, 0.5) is 0 Å². The van der Waals surface area contributed by atoms with Gasteiger partial charge in [-0.2, -0.15) is 0 Å². The number of likely N-dealkylation sites (N-methyl/N-ethyl adjacent to an activating group) is 6. The standard InChI is InChI=1S/C10H21N3.C9H18N3.W/c1-8-6-9(11-2)10(12(3)4)13(5)7-8;1-10-8-6-5-7-12(4)9(8)11(2)3;/h7,9-11H,6H2,1-5H3;6,8-10H,7H2,1-4H3;/q;-1;/t9-,10-;8-,9-;/m00./s1. The van der Waals surface area contributed by atoms with E-state index in [0.717, 1.165) is 13.0 Å². The van der Waals surface area contributed by atoms with Crippen molar-refractivity contribution in [1.82, 2.24) is 30.2 Å². The zero-order valence-electron chi connectivity index (χ0n) is 18.1. The minimum Gasteiger partial charge on any atom is -0.484 e. The van der Waals surface area contributed by atoms with Crippen molar-refractivity contribution < 1.29 is 21.1 Å². The molecule has 0 amide bonds. The van der Waals surface area contributed by atoms with Gasteiger partial charge in [0.05, 0.1) is 12.3 Å². The molecule has 0 aromatic heterocycles. The Bertz CT molecular complexity index is 451. The van der Waals surface area contributed by atoms with E-state index in [2.05, 4.69) is 97.8 Å². The maximum atomic E-state index is 3.37. The van der Waals surface area contributed by atoms with Crippen LogP contribution in [0, 0.1) is 6.08 Å². The van der Waals surface area contributed by atoms with Gasteiger partial charge in [-0.05, 0) is 68.9 Å². The summed E-state index contributed by atoms with van der Waals surface area (Å²) in [7, 11) is 16.7. The third-order valence-electron chi connectivity index (χ3n) is 4.92. The van der Waals surface area contributed by atoms with Gasteiger partial charge in [0.2, 0.25) is 0 Å². The third kappa shape index (κ3) is 7.06. The van der Waals surface area contributed by atoms with E-state index in [1.165, 1.54) is 5.57 Å². The van der Waals surface area contributed by atoms with Gasteiger partial charge in [0.1, 0.15) is 0 Å².